The molecule has 1 aliphatic heterocycles. The zero-order valence-electron chi connectivity index (χ0n) is 13.8. The number of rotatable bonds is 3. The Kier molecular flexibility index (Phi) is 4.70. The van der Waals surface area contributed by atoms with Gasteiger partial charge in [-0.05, 0) is 68.6 Å². The van der Waals surface area contributed by atoms with Crippen molar-refractivity contribution in [3.63, 3.8) is 0 Å². The maximum absolute atomic E-state index is 12.6. The summed E-state index contributed by atoms with van der Waals surface area (Å²) < 4.78 is 6.06. The zero-order valence-corrected chi connectivity index (χ0v) is 13.8. The van der Waals surface area contributed by atoms with E-state index in [4.69, 9.17) is 4.74 Å². The van der Waals surface area contributed by atoms with Gasteiger partial charge in [-0.15, -0.1) is 0 Å². The van der Waals surface area contributed by atoms with Crippen molar-refractivity contribution in [2.24, 2.45) is 5.92 Å². The van der Waals surface area contributed by atoms with Crippen LogP contribution in [0.5, 0.6) is 5.75 Å². The number of carbonyl (C=O) groups excluding carboxylic acids is 1. The summed E-state index contributed by atoms with van der Waals surface area (Å²) in [6.45, 7) is 5.90. The van der Waals surface area contributed by atoms with Crippen LogP contribution >= 0.6 is 0 Å². The second kappa shape index (κ2) is 6.72. The van der Waals surface area contributed by atoms with Gasteiger partial charge in [-0.25, -0.2) is 0 Å². The van der Waals surface area contributed by atoms with E-state index in [1.54, 1.807) is 0 Å². The third kappa shape index (κ3) is 3.29. The molecule has 1 atom stereocenters. The van der Waals surface area contributed by atoms with Crippen molar-refractivity contribution >= 4 is 5.91 Å². The van der Waals surface area contributed by atoms with Gasteiger partial charge in [-0.2, -0.15) is 0 Å². The standard InChI is InChI=1S/C19H27NO2/c1-14-10-12-20(13-11-14)19(21)15(2)22-18-9-5-7-16-6-3-4-8-17(16)18/h5,7,9,14-15H,3-4,6,8,10-13H2,1-2H3/t15-/m0/s1. The van der Waals surface area contributed by atoms with Crippen LogP contribution in [0.4, 0.5) is 0 Å². The van der Waals surface area contributed by atoms with Gasteiger partial charge in [0.2, 0.25) is 0 Å². The molecular weight excluding hydrogens is 274 g/mol. The lowest BCUT2D eigenvalue weighted by molar-refractivity contribution is -0.139. The van der Waals surface area contributed by atoms with Gasteiger partial charge >= 0.3 is 0 Å². The van der Waals surface area contributed by atoms with Gasteiger partial charge in [0.25, 0.3) is 5.91 Å². The van der Waals surface area contributed by atoms with E-state index in [1.807, 2.05) is 17.9 Å². The number of carbonyl (C=O) groups is 1. The maximum atomic E-state index is 12.6. The van der Waals surface area contributed by atoms with Gasteiger partial charge in [0.15, 0.2) is 6.10 Å². The van der Waals surface area contributed by atoms with Crippen LogP contribution in [-0.4, -0.2) is 30.0 Å². The highest BCUT2D eigenvalue weighted by Gasteiger charge is 2.26. The Labute approximate surface area is 133 Å². The van der Waals surface area contributed by atoms with Crippen LogP contribution in [0.25, 0.3) is 0 Å². The fourth-order valence-corrected chi connectivity index (χ4v) is 3.58. The molecule has 0 unspecified atom stereocenters. The smallest absolute Gasteiger partial charge is 0.263 e. The Morgan fingerprint density at radius 1 is 1.23 bits per heavy atom. The molecule has 0 saturated carbocycles. The lowest BCUT2D eigenvalue weighted by Crippen LogP contribution is -2.44. The van der Waals surface area contributed by atoms with E-state index in [0.29, 0.717) is 0 Å². The van der Waals surface area contributed by atoms with Crippen LogP contribution < -0.4 is 4.74 Å². The number of piperidine rings is 1. The maximum Gasteiger partial charge on any atom is 0.263 e. The molecule has 0 spiro atoms. The molecule has 120 valence electrons. The van der Waals surface area contributed by atoms with E-state index >= 15 is 0 Å². The summed E-state index contributed by atoms with van der Waals surface area (Å²) in [6.07, 6.45) is 6.53. The van der Waals surface area contributed by atoms with Crippen LogP contribution in [0.3, 0.4) is 0 Å². The van der Waals surface area contributed by atoms with E-state index < -0.39 is 0 Å². The number of likely N-dealkylation sites (tertiary alicyclic amines) is 1. The second-order valence-electron chi connectivity index (χ2n) is 6.87. The molecule has 22 heavy (non-hydrogen) atoms. The molecular formula is C19H27NO2. The summed E-state index contributed by atoms with van der Waals surface area (Å²) in [4.78, 5) is 14.6. The number of aryl methyl sites for hydroxylation is 1. The molecule has 3 nitrogen and oxygen atoms in total. The topological polar surface area (TPSA) is 29.5 Å². The van der Waals surface area contributed by atoms with E-state index in [0.717, 1.165) is 50.4 Å². The van der Waals surface area contributed by atoms with Gasteiger partial charge in [-0.3, -0.25) is 4.79 Å². The normalized spacial score (nSPS) is 20.4. The summed E-state index contributed by atoms with van der Waals surface area (Å²) in [5, 5.41) is 0. The van der Waals surface area contributed by atoms with Crippen molar-refractivity contribution in [2.45, 2.75) is 58.5 Å². The Morgan fingerprint density at radius 2 is 1.95 bits per heavy atom. The highest BCUT2D eigenvalue weighted by molar-refractivity contribution is 5.81. The summed E-state index contributed by atoms with van der Waals surface area (Å²) in [5.74, 6) is 1.80. The van der Waals surface area contributed by atoms with Gasteiger partial charge in [0.1, 0.15) is 5.75 Å². The molecule has 2 aliphatic rings. The predicted molar refractivity (Wildman–Crippen MR) is 88.2 cm³/mol. The first-order valence-electron chi connectivity index (χ1n) is 8.71. The fourth-order valence-electron chi connectivity index (χ4n) is 3.58. The Bertz CT molecular complexity index is 532. The molecule has 1 aliphatic carbocycles. The molecule has 0 N–H and O–H groups in total. The summed E-state index contributed by atoms with van der Waals surface area (Å²) in [6, 6.07) is 6.27. The fraction of sp³-hybridized carbons (Fsp3) is 0.632. The zero-order chi connectivity index (χ0) is 15.5. The Balaban J connectivity index is 1.66. The predicted octanol–water partition coefficient (Wildman–Crippen LogP) is 3.59. The van der Waals surface area contributed by atoms with Crippen LogP contribution in [0.1, 0.15) is 50.7 Å². The largest absolute Gasteiger partial charge is 0.481 e. The average Bonchev–Trinajstić information content (AvgIpc) is 2.55. The highest BCUT2D eigenvalue weighted by Crippen LogP contribution is 2.30. The number of benzene rings is 1. The van der Waals surface area contributed by atoms with Crippen LogP contribution in [0.15, 0.2) is 18.2 Å². The number of nitrogens with zero attached hydrogens (tertiary/aromatic N) is 1. The number of ether oxygens (including phenoxy) is 1. The first-order valence-corrected chi connectivity index (χ1v) is 8.71. The molecule has 0 bridgehead atoms. The van der Waals surface area contributed by atoms with Gasteiger partial charge in [0, 0.05) is 13.1 Å². The number of fused-ring (bicyclic) bond motifs is 1. The Morgan fingerprint density at radius 3 is 2.73 bits per heavy atom. The molecule has 1 amide bonds. The van der Waals surface area contributed by atoms with Gasteiger partial charge in [0.05, 0.1) is 0 Å². The summed E-state index contributed by atoms with van der Waals surface area (Å²) in [5.41, 5.74) is 2.72. The van der Waals surface area contributed by atoms with Crippen LogP contribution in [0.2, 0.25) is 0 Å². The quantitative estimate of drug-likeness (QED) is 0.854. The minimum absolute atomic E-state index is 0.139. The summed E-state index contributed by atoms with van der Waals surface area (Å²) >= 11 is 0. The van der Waals surface area contributed by atoms with E-state index in [1.165, 1.54) is 24.0 Å². The molecule has 1 saturated heterocycles. The molecule has 1 aromatic rings. The number of hydrogen-bond acceptors (Lipinski definition) is 2. The molecule has 1 fully saturated rings. The lowest BCUT2D eigenvalue weighted by atomic mass is 9.91. The summed E-state index contributed by atoms with van der Waals surface area (Å²) in [7, 11) is 0. The number of hydrogen-bond donors (Lipinski definition) is 0. The van der Waals surface area contributed by atoms with Crippen molar-refractivity contribution in [1.29, 1.82) is 0 Å². The third-order valence-electron chi connectivity index (χ3n) is 5.10. The molecule has 0 aromatic heterocycles. The van der Waals surface area contributed by atoms with Gasteiger partial charge < -0.3 is 9.64 Å². The second-order valence-corrected chi connectivity index (χ2v) is 6.87. The van der Waals surface area contributed by atoms with Gasteiger partial charge in [-0.1, -0.05) is 19.1 Å². The van der Waals surface area contributed by atoms with E-state index in [9.17, 15) is 4.79 Å². The number of amides is 1. The van der Waals surface area contributed by atoms with Crippen molar-refractivity contribution in [3.8, 4) is 5.75 Å². The minimum atomic E-state index is -0.387. The first kappa shape index (κ1) is 15.4. The van der Waals surface area contributed by atoms with Crippen molar-refractivity contribution in [1.82, 2.24) is 4.90 Å². The van der Waals surface area contributed by atoms with Crippen LogP contribution in [0, 0.1) is 5.92 Å². The third-order valence-corrected chi connectivity index (χ3v) is 5.10. The SMILES string of the molecule is CC1CCN(C(=O)[C@H](C)Oc2cccc3c2CCCC3)CC1. The molecule has 1 heterocycles. The minimum Gasteiger partial charge on any atom is -0.481 e. The highest BCUT2D eigenvalue weighted by atomic mass is 16.5. The first-order chi connectivity index (χ1) is 10.6. The molecule has 0 radical (unpaired) electrons. The van der Waals surface area contributed by atoms with Crippen molar-refractivity contribution in [3.05, 3.63) is 29.3 Å². The van der Waals surface area contributed by atoms with E-state index in [2.05, 4.69) is 19.1 Å². The lowest BCUT2D eigenvalue weighted by Gasteiger charge is -2.32. The molecule has 3 rings (SSSR count). The van der Waals surface area contributed by atoms with Crippen molar-refractivity contribution in [2.75, 3.05) is 13.1 Å². The average molecular weight is 301 g/mol. The monoisotopic (exact) mass is 301 g/mol. The molecule has 1 aromatic carbocycles. The van der Waals surface area contributed by atoms with Crippen molar-refractivity contribution < 1.29 is 9.53 Å². The van der Waals surface area contributed by atoms with E-state index in [-0.39, 0.29) is 12.0 Å². The molecule has 3 heteroatoms. The Hall–Kier alpha value is -1.51. The van der Waals surface area contributed by atoms with Crippen LogP contribution in [-0.2, 0) is 17.6 Å².